The Kier molecular flexibility index (Phi) is 6.04. The van der Waals surface area contributed by atoms with Gasteiger partial charge in [-0.15, -0.1) is 0 Å². The molecule has 0 spiro atoms. The Morgan fingerprint density at radius 1 is 0.517 bits per heavy atom. The third-order valence-corrected chi connectivity index (χ3v) is 6.56. The molecule has 0 unspecified atom stereocenters. The van der Waals surface area contributed by atoms with Crippen LogP contribution in [0.25, 0.3) is 0 Å². The van der Waals surface area contributed by atoms with Crippen LogP contribution in [-0.2, 0) is 4.57 Å². The van der Waals surface area contributed by atoms with Gasteiger partial charge in [-0.3, -0.25) is 0 Å². The van der Waals surface area contributed by atoms with Crippen LogP contribution >= 0.6 is 7.82 Å². The molecule has 0 aliphatic rings. The Hall–Kier alpha value is -2.71. The monoisotopic (exact) mass is 410 g/mol. The zero-order chi connectivity index (χ0) is 21.2. The Labute approximate surface area is 173 Å². The molecule has 0 bridgehead atoms. The Bertz CT molecular complexity index is 952. The summed E-state index contributed by atoms with van der Waals surface area (Å²) in [5.41, 5.74) is 5.78. The van der Waals surface area contributed by atoms with E-state index < -0.39 is 7.82 Å². The van der Waals surface area contributed by atoms with Crippen LogP contribution in [0, 0.1) is 41.5 Å². The van der Waals surface area contributed by atoms with E-state index >= 15 is 0 Å². The van der Waals surface area contributed by atoms with Gasteiger partial charge in [0.15, 0.2) is 0 Å². The SMILES string of the molecule is Cc1cccc(OP(=O)(Oc2cccc(C)c2C)Oc2cccc(C)c2C)c1C. The summed E-state index contributed by atoms with van der Waals surface area (Å²) < 4.78 is 31.6. The van der Waals surface area contributed by atoms with Gasteiger partial charge in [0.05, 0.1) is 0 Å². The number of phosphoric ester groups is 1. The van der Waals surface area contributed by atoms with Crippen molar-refractivity contribution < 1.29 is 18.1 Å². The van der Waals surface area contributed by atoms with Gasteiger partial charge >= 0.3 is 7.82 Å². The maximum Gasteiger partial charge on any atom is 0.647 e. The average molecular weight is 410 g/mol. The summed E-state index contributed by atoms with van der Waals surface area (Å²) in [6.45, 7) is 11.7. The normalized spacial score (nSPS) is 11.2. The van der Waals surface area contributed by atoms with Crippen molar-refractivity contribution in [2.75, 3.05) is 0 Å². The minimum absolute atomic E-state index is 0.476. The molecule has 0 saturated carbocycles. The fraction of sp³-hybridized carbons (Fsp3) is 0.250. The lowest BCUT2D eigenvalue weighted by Crippen LogP contribution is -2.10. The summed E-state index contributed by atoms with van der Waals surface area (Å²) in [6.07, 6.45) is 0. The first kappa shape index (κ1) is 21.0. The first-order chi connectivity index (χ1) is 13.7. The number of hydrogen-bond donors (Lipinski definition) is 0. The zero-order valence-corrected chi connectivity index (χ0v) is 18.7. The van der Waals surface area contributed by atoms with Crippen LogP contribution in [0.5, 0.6) is 17.2 Å². The number of benzene rings is 3. The van der Waals surface area contributed by atoms with Gasteiger partial charge in [-0.1, -0.05) is 36.4 Å². The molecule has 5 heteroatoms. The van der Waals surface area contributed by atoms with Crippen molar-refractivity contribution in [3.63, 3.8) is 0 Å². The van der Waals surface area contributed by atoms with Gasteiger partial charge in [0.25, 0.3) is 0 Å². The summed E-state index contributed by atoms with van der Waals surface area (Å²) in [7, 11) is -4.03. The molecule has 3 aromatic carbocycles. The van der Waals surface area contributed by atoms with Crippen molar-refractivity contribution in [1.29, 1.82) is 0 Å². The fourth-order valence-corrected chi connectivity index (χ4v) is 4.31. The molecule has 0 aromatic heterocycles. The van der Waals surface area contributed by atoms with Gasteiger partial charge in [-0.05, 0) is 93.1 Å². The number of aryl methyl sites for hydroxylation is 3. The molecular weight excluding hydrogens is 383 g/mol. The summed E-state index contributed by atoms with van der Waals surface area (Å²) in [4.78, 5) is 0. The predicted molar refractivity (Wildman–Crippen MR) is 117 cm³/mol. The highest BCUT2D eigenvalue weighted by Gasteiger charge is 2.35. The minimum Gasteiger partial charge on any atom is -0.386 e. The topological polar surface area (TPSA) is 44.8 Å². The average Bonchev–Trinajstić information content (AvgIpc) is 2.67. The minimum atomic E-state index is -4.03. The number of phosphoric acid groups is 1. The molecule has 29 heavy (non-hydrogen) atoms. The molecule has 3 aromatic rings. The second kappa shape index (κ2) is 8.34. The van der Waals surface area contributed by atoms with Crippen molar-refractivity contribution in [2.45, 2.75) is 41.5 Å². The highest BCUT2D eigenvalue weighted by molar-refractivity contribution is 7.49. The van der Waals surface area contributed by atoms with E-state index in [0.717, 1.165) is 33.4 Å². The molecule has 0 aliphatic heterocycles. The first-order valence-electron chi connectivity index (χ1n) is 9.57. The van der Waals surface area contributed by atoms with Gasteiger partial charge in [0.1, 0.15) is 17.2 Å². The van der Waals surface area contributed by atoms with Gasteiger partial charge in [0.2, 0.25) is 0 Å². The largest absolute Gasteiger partial charge is 0.647 e. The summed E-state index contributed by atoms with van der Waals surface area (Å²) in [6, 6.07) is 16.8. The van der Waals surface area contributed by atoms with E-state index in [1.807, 2.05) is 77.9 Å². The van der Waals surface area contributed by atoms with Crippen LogP contribution in [0.4, 0.5) is 0 Å². The first-order valence-corrected chi connectivity index (χ1v) is 11.0. The lowest BCUT2D eigenvalue weighted by Gasteiger charge is -2.23. The van der Waals surface area contributed by atoms with Crippen molar-refractivity contribution in [2.24, 2.45) is 0 Å². The lowest BCUT2D eigenvalue weighted by molar-refractivity contribution is 0.296. The smallest absolute Gasteiger partial charge is 0.386 e. The van der Waals surface area contributed by atoms with Gasteiger partial charge in [-0.25, -0.2) is 0 Å². The van der Waals surface area contributed by atoms with Gasteiger partial charge in [-0.2, -0.15) is 4.57 Å². The zero-order valence-electron chi connectivity index (χ0n) is 17.8. The maximum absolute atomic E-state index is 13.8. The van der Waals surface area contributed by atoms with Crippen molar-refractivity contribution in [1.82, 2.24) is 0 Å². The molecule has 0 fully saturated rings. The van der Waals surface area contributed by atoms with E-state index in [2.05, 4.69) is 0 Å². The van der Waals surface area contributed by atoms with Gasteiger partial charge in [0, 0.05) is 0 Å². The van der Waals surface area contributed by atoms with Crippen LogP contribution in [0.2, 0.25) is 0 Å². The van der Waals surface area contributed by atoms with E-state index in [1.165, 1.54) is 0 Å². The maximum atomic E-state index is 13.8. The van der Waals surface area contributed by atoms with E-state index in [4.69, 9.17) is 13.6 Å². The van der Waals surface area contributed by atoms with Crippen LogP contribution in [-0.4, -0.2) is 0 Å². The van der Waals surface area contributed by atoms with Gasteiger partial charge < -0.3 is 13.6 Å². The molecule has 0 heterocycles. The Morgan fingerprint density at radius 3 is 1.07 bits per heavy atom. The molecule has 152 valence electrons. The van der Waals surface area contributed by atoms with Crippen LogP contribution in [0.1, 0.15) is 33.4 Å². The molecular formula is C24H27O4P. The Morgan fingerprint density at radius 2 is 0.793 bits per heavy atom. The molecule has 0 radical (unpaired) electrons. The van der Waals surface area contributed by atoms with Crippen LogP contribution < -0.4 is 13.6 Å². The molecule has 0 amide bonds. The molecule has 4 nitrogen and oxygen atoms in total. The van der Waals surface area contributed by atoms with Crippen molar-refractivity contribution >= 4 is 7.82 Å². The third kappa shape index (κ3) is 4.65. The number of hydrogen-bond acceptors (Lipinski definition) is 4. The van der Waals surface area contributed by atoms with E-state index in [0.29, 0.717) is 17.2 Å². The van der Waals surface area contributed by atoms with Crippen molar-refractivity contribution in [3.05, 3.63) is 88.0 Å². The molecule has 0 atom stereocenters. The van der Waals surface area contributed by atoms with E-state index in [9.17, 15) is 4.57 Å². The Balaban J connectivity index is 2.04. The summed E-state index contributed by atoms with van der Waals surface area (Å²) in [5.74, 6) is 1.43. The van der Waals surface area contributed by atoms with E-state index in [-0.39, 0.29) is 0 Å². The second-order valence-corrected chi connectivity index (χ2v) is 8.76. The molecule has 3 rings (SSSR count). The highest BCUT2D eigenvalue weighted by atomic mass is 31.2. The fourth-order valence-electron chi connectivity index (χ4n) is 2.89. The molecule has 0 aliphatic carbocycles. The predicted octanol–water partition coefficient (Wildman–Crippen LogP) is 7.18. The quantitative estimate of drug-likeness (QED) is 0.404. The third-order valence-electron chi connectivity index (χ3n) is 5.30. The molecule has 0 N–H and O–H groups in total. The van der Waals surface area contributed by atoms with E-state index in [1.54, 1.807) is 18.2 Å². The lowest BCUT2D eigenvalue weighted by atomic mass is 10.1. The second-order valence-electron chi connectivity index (χ2n) is 7.32. The molecule has 0 saturated heterocycles. The van der Waals surface area contributed by atoms with Crippen molar-refractivity contribution in [3.8, 4) is 17.2 Å². The summed E-state index contributed by atoms with van der Waals surface area (Å²) >= 11 is 0. The van der Waals surface area contributed by atoms with Crippen LogP contribution in [0.3, 0.4) is 0 Å². The number of rotatable bonds is 6. The highest BCUT2D eigenvalue weighted by Crippen LogP contribution is 2.52. The standard InChI is InChI=1S/C24H27O4P/c1-16-10-7-13-22(19(16)4)26-29(25,27-23-14-8-11-17(2)20(23)5)28-24-15-9-12-18(3)21(24)6/h7-15H,1-6H3. The van der Waals surface area contributed by atoms with Crippen LogP contribution in [0.15, 0.2) is 54.6 Å². The summed E-state index contributed by atoms with van der Waals surface area (Å²) in [5, 5.41) is 0.